The van der Waals surface area contributed by atoms with Crippen LogP contribution in [-0.2, 0) is 11.8 Å². The third-order valence-electron chi connectivity index (χ3n) is 4.24. The number of aromatic nitrogens is 1. The van der Waals surface area contributed by atoms with E-state index in [2.05, 4.69) is 23.2 Å². The zero-order valence-electron chi connectivity index (χ0n) is 10.7. The standard InChI is InChI=1S/C15H18N2OS/c16-9-15(14(18)13-8-19-10-17-13)7-3-5-11-4-1-2-6-12(11)15/h1-2,4,6,8,10,14,18H,3,5,7,9,16H2. The number of rotatable bonds is 3. The Bertz CT molecular complexity index is 555. The van der Waals surface area contributed by atoms with Crippen molar-refractivity contribution in [1.29, 1.82) is 0 Å². The molecule has 100 valence electrons. The summed E-state index contributed by atoms with van der Waals surface area (Å²) in [5.74, 6) is 0. The molecule has 1 aromatic heterocycles. The lowest BCUT2D eigenvalue weighted by Gasteiger charge is -2.41. The molecule has 19 heavy (non-hydrogen) atoms. The number of fused-ring (bicyclic) bond motifs is 1. The maximum Gasteiger partial charge on any atom is 0.108 e. The lowest BCUT2D eigenvalue weighted by molar-refractivity contribution is 0.0687. The van der Waals surface area contributed by atoms with Crippen LogP contribution in [0.2, 0.25) is 0 Å². The van der Waals surface area contributed by atoms with Crippen LogP contribution in [0.25, 0.3) is 0 Å². The number of benzene rings is 1. The molecule has 4 heteroatoms. The molecule has 0 aliphatic heterocycles. The second-order valence-corrected chi connectivity index (χ2v) is 5.91. The van der Waals surface area contributed by atoms with Crippen LogP contribution in [0.4, 0.5) is 0 Å². The van der Waals surface area contributed by atoms with E-state index >= 15 is 0 Å². The van der Waals surface area contributed by atoms with E-state index in [0.29, 0.717) is 6.54 Å². The largest absolute Gasteiger partial charge is 0.386 e. The smallest absolute Gasteiger partial charge is 0.108 e. The molecule has 3 nitrogen and oxygen atoms in total. The minimum atomic E-state index is -0.620. The molecule has 2 atom stereocenters. The summed E-state index contributed by atoms with van der Waals surface area (Å²) in [5.41, 5.74) is 10.7. The number of aliphatic hydroxyl groups excluding tert-OH is 1. The van der Waals surface area contributed by atoms with Crippen molar-refractivity contribution < 1.29 is 5.11 Å². The number of thiazole rings is 1. The van der Waals surface area contributed by atoms with Crippen LogP contribution in [0.15, 0.2) is 35.2 Å². The van der Waals surface area contributed by atoms with Gasteiger partial charge in [0, 0.05) is 17.3 Å². The lowest BCUT2D eigenvalue weighted by atomic mass is 9.66. The van der Waals surface area contributed by atoms with Crippen molar-refractivity contribution in [2.24, 2.45) is 5.73 Å². The zero-order chi connectivity index (χ0) is 13.3. The van der Waals surface area contributed by atoms with E-state index < -0.39 is 6.10 Å². The number of nitrogens with two attached hydrogens (primary N) is 1. The summed E-state index contributed by atoms with van der Waals surface area (Å²) in [7, 11) is 0. The van der Waals surface area contributed by atoms with Crippen molar-refractivity contribution in [1.82, 2.24) is 4.98 Å². The van der Waals surface area contributed by atoms with Crippen LogP contribution in [0, 0.1) is 0 Å². The Morgan fingerprint density at radius 3 is 3.00 bits per heavy atom. The Labute approximate surface area is 117 Å². The first-order valence-corrected chi connectivity index (χ1v) is 7.57. The minimum Gasteiger partial charge on any atom is -0.386 e. The molecule has 0 spiro atoms. The summed E-state index contributed by atoms with van der Waals surface area (Å²) in [5, 5.41) is 12.7. The number of aryl methyl sites for hydroxylation is 1. The third kappa shape index (κ3) is 2.00. The van der Waals surface area contributed by atoms with Gasteiger partial charge in [-0.25, -0.2) is 4.98 Å². The van der Waals surface area contributed by atoms with Crippen LogP contribution in [0.3, 0.4) is 0 Å². The maximum absolute atomic E-state index is 10.8. The predicted octanol–water partition coefficient (Wildman–Crippen LogP) is 2.41. The number of aliphatic hydroxyl groups is 1. The summed E-state index contributed by atoms with van der Waals surface area (Å²) < 4.78 is 0. The molecule has 0 amide bonds. The normalized spacial score (nSPS) is 23.9. The zero-order valence-corrected chi connectivity index (χ0v) is 11.6. The topological polar surface area (TPSA) is 59.1 Å². The number of nitrogens with zero attached hydrogens (tertiary/aromatic N) is 1. The van der Waals surface area contributed by atoms with E-state index in [1.54, 1.807) is 5.51 Å². The molecule has 1 aromatic carbocycles. The van der Waals surface area contributed by atoms with E-state index in [1.165, 1.54) is 22.5 Å². The highest BCUT2D eigenvalue weighted by Gasteiger charge is 2.43. The highest BCUT2D eigenvalue weighted by Crippen LogP contribution is 2.45. The van der Waals surface area contributed by atoms with Gasteiger partial charge in [-0.2, -0.15) is 0 Å². The van der Waals surface area contributed by atoms with E-state index in [-0.39, 0.29) is 5.41 Å². The minimum absolute atomic E-state index is 0.386. The van der Waals surface area contributed by atoms with Gasteiger partial charge in [0.05, 0.1) is 11.2 Å². The molecular weight excluding hydrogens is 256 g/mol. The van der Waals surface area contributed by atoms with E-state index in [0.717, 1.165) is 25.0 Å². The molecule has 0 radical (unpaired) electrons. The molecule has 2 unspecified atom stereocenters. The average molecular weight is 274 g/mol. The van der Waals surface area contributed by atoms with Gasteiger partial charge < -0.3 is 10.8 Å². The SMILES string of the molecule is NCC1(C(O)c2cscn2)CCCc2ccccc21. The fourth-order valence-electron chi connectivity index (χ4n) is 3.20. The van der Waals surface area contributed by atoms with Gasteiger partial charge in [0.1, 0.15) is 6.10 Å². The highest BCUT2D eigenvalue weighted by molar-refractivity contribution is 7.07. The Balaban J connectivity index is 2.10. The Kier molecular flexibility index (Phi) is 3.39. The van der Waals surface area contributed by atoms with Gasteiger partial charge >= 0.3 is 0 Å². The summed E-state index contributed by atoms with van der Waals surface area (Å²) in [6.45, 7) is 0.447. The maximum atomic E-state index is 10.8. The monoisotopic (exact) mass is 274 g/mol. The van der Waals surface area contributed by atoms with Crippen LogP contribution in [0.5, 0.6) is 0 Å². The molecule has 0 bridgehead atoms. The van der Waals surface area contributed by atoms with Crippen molar-refractivity contribution in [3.63, 3.8) is 0 Å². The molecule has 3 rings (SSSR count). The third-order valence-corrected chi connectivity index (χ3v) is 4.85. The first-order chi connectivity index (χ1) is 9.28. The van der Waals surface area contributed by atoms with Gasteiger partial charge in [0.15, 0.2) is 0 Å². The summed E-state index contributed by atoms with van der Waals surface area (Å²) in [4.78, 5) is 4.27. The molecule has 2 aromatic rings. The number of hydrogen-bond acceptors (Lipinski definition) is 4. The van der Waals surface area contributed by atoms with Crippen molar-refractivity contribution in [2.45, 2.75) is 30.8 Å². The quantitative estimate of drug-likeness (QED) is 0.903. The Morgan fingerprint density at radius 2 is 2.26 bits per heavy atom. The van der Waals surface area contributed by atoms with Crippen LogP contribution < -0.4 is 5.73 Å². The van der Waals surface area contributed by atoms with E-state index in [1.807, 2.05) is 11.4 Å². The molecule has 0 saturated carbocycles. The summed E-state index contributed by atoms with van der Waals surface area (Å²) in [6.07, 6.45) is 2.43. The van der Waals surface area contributed by atoms with Gasteiger partial charge in [0.2, 0.25) is 0 Å². The molecule has 0 saturated heterocycles. The van der Waals surface area contributed by atoms with Gasteiger partial charge in [-0.15, -0.1) is 11.3 Å². The highest BCUT2D eigenvalue weighted by atomic mass is 32.1. The summed E-state index contributed by atoms with van der Waals surface area (Å²) >= 11 is 1.51. The van der Waals surface area contributed by atoms with E-state index in [4.69, 9.17) is 5.73 Å². The Morgan fingerprint density at radius 1 is 1.42 bits per heavy atom. The first-order valence-electron chi connectivity index (χ1n) is 6.62. The van der Waals surface area contributed by atoms with Gasteiger partial charge in [-0.1, -0.05) is 24.3 Å². The first kappa shape index (κ1) is 12.8. The van der Waals surface area contributed by atoms with Gasteiger partial charge in [-0.05, 0) is 30.4 Å². The summed E-state index contributed by atoms with van der Waals surface area (Å²) in [6, 6.07) is 8.34. The van der Waals surface area contributed by atoms with E-state index in [9.17, 15) is 5.11 Å². The lowest BCUT2D eigenvalue weighted by Crippen LogP contribution is -2.44. The van der Waals surface area contributed by atoms with Crippen molar-refractivity contribution in [3.05, 3.63) is 52.0 Å². The molecule has 3 N–H and O–H groups in total. The van der Waals surface area contributed by atoms with Crippen molar-refractivity contribution >= 4 is 11.3 Å². The van der Waals surface area contributed by atoms with Gasteiger partial charge in [-0.3, -0.25) is 0 Å². The fraction of sp³-hybridized carbons (Fsp3) is 0.400. The molecule has 1 heterocycles. The van der Waals surface area contributed by atoms with Crippen LogP contribution in [0.1, 0.15) is 35.8 Å². The second kappa shape index (κ2) is 5.04. The molecule has 1 aliphatic rings. The fourth-order valence-corrected chi connectivity index (χ4v) is 3.77. The molecular formula is C15H18N2OS. The van der Waals surface area contributed by atoms with Crippen molar-refractivity contribution in [2.75, 3.05) is 6.54 Å². The van der Waals surface area contributed by atoms with Gasteiger partial charge in [0.25, 0.3) is 0 Å². The van der Waals surface area contributed by atoms with Crippen LogP contribution in [-0.4, -0.2) is 16.6 Å². The average Bonchev–Trinajstić information content (AvgIpc) is 3.00. The predicted molar refractivity (Wildman–Crippen MR) is 77.2 cm³/mol. The van der Waals surface area contributed by atoms with Crippen molar-refractivity contribution in [3.8, 4) is 0 Å². The Hall–Kier alpha value is -1.23. The van der Waals surface area contributed by atoms with Crippen LogP contribution >= 0.6 is 11.3 Å². The number of hydrogen-bond donors (Lipinski definition) is 2. The molecule has 1 aliphatic carbocycles. The second-order valence-electron chi connectivity index (χ2n) is 5.19. The molecule has 0 fully saturated rings.